The molecule has 21 heavy (non-hydrogen) atoms. The molecule has 0 aromatic carbocycles. The fourth-order valence-electron chi connectivity index (χ4n) is 0. The van der Waals surface area contributed by atoms with Crippen molar-refractivity contribution in [2.24, 2.45) is 0 Å². The Morgan fingerprint density at radius 1 is 0.333 bits per heavy atom. The van der Waals surface area contributed by atoms with Crippen LogP contribution in [0.4, 0.5) is 24.0 Å². The molecule has 0 aromatic heterocycles. The minimum atomic E-state index is -1.83. The second kappa shape index (κ2) is 30.4. The Labute approximate surface area is 135 Å². The van der Waals surface area contributed by atoms with Crippen LogP contribution in [0.3, 0.4) is 0 Å². The molecule has 0 atom stereocenters. The molecule has 15 nitrogen and oxygen atoms in total. The fourth-order valence-corrected chi connectivity index (χ4v) is 0. The quantitative estimate of drug-likeness (QED) is 0.269. The van der Waals surface area contributed by atoms with E-state index in [1.165, 1.54) is 0 Å². The molecule has 0 aliphatic carbocycles. The van der Waals surface area contributed by atoms with Crippen LogP contribution in [-0.2, 0) is 0 Å². The zero-order valence-electron chi connectivity index (χ0n) is 9.01. The first-order valence-corrected chi connectivity index (χ1v) is 3.26. The van der Waals surface area contributed by atoms with Crippen molar-refractivity contribution in [3.63, 3.8) is 0 Å². The summed E-state index contributed by atoms with van der Waals surface area (Å²) in [4.78, 5) is 42.8. The van der Waals surface area contributed by atoms with Crippen molar-refractivity contribution in [2.45, 2.75) is 0 Å². The van der Waals surface area contributed by atoms with Gasteiger partial charge in [-0.25, -0.2) is 24.0 Å². The van der Waals surface area contributed by atoms with Crippen LogP contribution in [-0.4, -0.2) is 111 Å². The van der Waals surface area contributed by atoms with Gasteiger partial charge in [-0.3, -0.25) is 0 Å². The Balaban J connectivity index is -0.0000000331. The topological polar surface area (TPSA) is 288 Å². The molecule has 0 heterocycles. The molecule has 0 fully saturated rings. The molecule has 16 heteroatoms. The molecule has 0 rings (SSSR count). The van der Waals surface area contributed by atoms with Gasteiger partial charge in [0.25, 0.3) is 0 Å². The van der Waals surface area contributed by atoms with Crippen molar-refractivity contribution < 1.29 is 75.0 Å². The summed E-state index contributed by atoms with van der Waals surface area (Å²) in [5, 5.41) is 69.7. The monoisotopic (exact) mass is 334 g/mol. The molecule has 0 aliphatic heterocycles. The number of hydrogen-bond acceptors (Lipinski definition) is 5. The van der Waals surface area contributed by atoms with E-state index >= 15 is 0 Å². The molecule has 122 valence electrons. The Kier molecular flexibility index (Phi) is 52.4. The summed E-state index contributed by atoms with van der Waals surface area (Å²) in [5.74, 6) is 0. The molecule has 0 saturated carbocycles. The van der Waals surface area contributed by atoms with Crippen LogP contribution in [0.25, 0.3) is 0 Å². The van der Waals surface area contributed by atoms with Crippen molar-refractivity contribution in [2.75, 3.05) is 0 Å². The minimum absolute atomic E-state index is 0. The Bertz CT molecular complexity index is 207. The third kappa shape index (κ3) is 582. The molecule has 10 N–H and O–H groups in total. The standard InChI is InChI=1S/5CH2O3.Na.H/c5*2-1(3)4;;/h5*(H2,2,3,4);;. The first kappa shape index (κ1) is 36.2. The average Bonchev–Trinajstić information content (AvgIpc) is 1.94. The summed E-state index contributed by atoms with van der Waals surface area (Å²) in [6.07, 6.45) is -9.17. The van der Waals surface area contributed by atoms with E-state index in [4.69, 9.17) is 75.0 Å². The maximum absolute atomic E-state index is 8.56. The summed E-state index contributed by atoms with van der Waals surface area (Å²) in [5.41, 5.74) is 0. The molecule has 0 bridgehead atoms. The van der Waals surface area contributed by atoms with E-state index in [-0.39, 0.29) is 29.6 Å². The molecule has 0 amide bonds. The normalized spacial score (nSPS) is 5.71. The Morgan fingerprint density at radius 3 is 0.333 bits per heavy atom. The molecule has 0 saturated heterocycles. The van der Waals surface area contributed by atoms with Crippen LogP contribution < -0.4 is 0 Å². The van der Waals surface area contributed by atoms with E-state index in [9.17, 15) is 0 Å². The maximum atomic E-state index is 8.56. The number of rotatable bonds is 0. The van der Waals surface area contributed by atoms with Crippen molar-refractivity contribution in [3.8, 4) is 0 Å². The molecule has 0 radical (unpaired) electrons. The van der Waals surface area contributed by atoms with E-state index in [1.807, 2.05) is 0 Å². The summed E-state index contributed by atoms with van der Waals surface area (Å²) in [6, 6.07) is 0. The number of carboxylic acid groups (broad SMARTS) is 10. The molecule has 0 aromatic rings. The van der Waals surface area contributed by atoms with Crippen molar-refractivity contribution in [1.82, 2.24) is 0 Å². The average molecular weight is 334 g/mol. The van der Waals surface area contributed by atoms with Crippen LogP contribution in [0, 0.1) is 0 Å². The molecule has 0 aliphatic rings. The first-order valence-electron chi connectivity index (χ1n) is 3.26. The zero-order valence-corrected chi connectivity index (χ0v) is 9.01. The van der Waals surface area contributed by atoms with Gasteiger partial charge in [0.1, 0.15) is 0 Å². The van der Waals surface area contributed by atoms with Gasteiger partial charge in [0.15, 0.2) is 0 Å². The third-order valence-electron chi connectivity index (χ3n) is 0. The van der Waals surface area contributed by atoms with Crippen LogP contribution in [0.2, 0.25) is 0 Å². The molecule has 0 spiro atoms. The van der Waals surface area contributed by atoms with Gasteiger partial charge < -0.3 is 51.1 Å². The van der Waals surface area contributed by atoms with Gasteiger partial charge in [-0.15, -0.1) is 0 Å². The van der Waals surface area contributed by atoms with E-state index in [0.29, 0.717) is 0 Å². The molecular formula is C5H11NaO15. The summed E-state index contributed by atoms with van der Waals surface area (Å²) < 4.78 is 0. The van der Waals surface area contributed by atoms with E-state index in [2.05, 4.69) is 0 Å². The predicted octanol–water partition coefficient (Wildman–Crippen LogP) is 0.464. The second-order valence-electron chi connectivity index (χ2n) is 1.41. The van der Waals surface area contributed by atoms with E-state index in [1.54, 1.807) is 0 Å². The number of carbonyl (C=O) groups is 5. The Morgan fingerprint density at radius 2 is 0.333 bits per heavy atom. The van der Waals surface area contributed by atoms with Crippen molar-refractivity contribution in [3.05, 3.63) is 0 Å². The summed E-state index contributed by atoms with van der Waals surface area (Å²) in [7, 11) is 0. The molecular weight excluding hydrogens is 323 g/mol. The predicted molar refractivity (Wildman–Crippen MR) is 60.4 cm³/mol. The second-order valence-corrected chi connectivity index (χ2v) is 1.41. The van der Waals surface area contributed by atoms with Gasteiger partial charge in [0.05, 0.1) is 0 Å². The van der Waals surface area contributed by atoms with Gasteiger partial charge >= 0.3 is 60.3 Å². The van der Waals surface area contributed by atoms with Gasteiger partial charge in [0, 0.05) is 0 Å². The van der Waals surface area contributed by atoms with Crippen molar-refractivity contribution in [1.29, 1.82) is 0 Å². The molecule has 0 unspecified atom stereocenters. The first-order chi connectivity index (χ1) is 8.66. The van der Waals surface area contributed by atoms with Gasteiger partial charge in [-0.2, -0.15) is 0 Å². The van der Waals surface area contributed by atoms with Crippen molar-refractivity contribution >= 4 is 60.3 Å². The van der Waals surface area contributed by atoms with E-state index in [0.717, 1.165) is 0 Å². The summed E-state index contributed by atoms with van der Waals surface area (Å²) >= 11 is 0. The van der Waals surface area contributed by atoms with Crippen LogP contribution >= 0.6 is 0 Å². The number of hydrogen-bond donors (Lipinski definition) is 10. The fraction of sp³-hybridized carbons (Fsp3) is 0. The zero-order chi connectivity index (χ0) is 17.9. The van der Waals surface area contributed by atoms with Crippen LogP contribution in [0.1, 0.15) is 0 Å². The Hall–Kier alpha value is -2.65. The SMILES string of the molecule is O=C(O)O.O=C(O)O.O=C(O)O.O=C(O)O.O=C(O)O.[NaH]. The van der Waals surface area contributed by atoms with Gasteiger partial charge in [-0.05, 0) is 0 Å². The van der Waals surface area contributed by atoms with E-state index < -0.39 is 30.8 Å². The van der Waals surface area contributed by atoms with Crippen LogP contribution in [0.15, 0.2) is 0 Å². The van der Waals surface area contributed by atoms with Gasteiger partial charge in [0.2, 0.25) is 0 Å². The third-order valence-corrected chi connectivity index (χ3v) is 0. The summed E-state index contributed by atoms with van der Waals surface area (Å²) in [6.45, 7) is 0. The van der Waals surface area contributed by atoms with Gasteiger partial charge in [-0.1, -0.05) is 0 Å². The van der Waals surface area contributed by atoms with Crippen LogP contribution in [0.5, 0.6) is 0 Å².